The van der Waals surface area contributed by atoms with Gasteiger partial charge in [-0.05, 0) is 0 Å². The van der Waals surface area contributed by atoms with Crippen LogP contribution in [0.1, 0.15) is 136 Å². The van der Waals surface area contributed by atoms with Gasteiger partial charge in [0, 0.05) is 0 Å². The fraction of sp³-hybridized carbons (Fsp3) is 0.926. The Morgan fingerprint density at radius 3 is 0.903 bits per heavy atom. The van der Waals surface area contributed by atoms with Gasteiger partial charge < -0.3 is 0 Å². The van der Waals surface area contributed by atoms with Crippen LogP contribution < -0.4 is 0 Å². The molecule has 186 valence electrons. The van der Waals surface area contributed by atoms with Crippen molar-refractivity contribution >= 4 is 25.2 Å². The van der Waals surface area contributed by atoms with Crippen molar-refractivity contribution in [1.82, 2.24) is 0 Å². The van der Waals surface area contributed by atoms with Crippen molar-refractivity contribution in [3.05, 3.63) is 0 Å². The second-order valence-electron chi connectivity index (χ2n) is 9.59. The van der Waals surface area contributed by atoms with Gasteiger partial charge in [-0.2, -0.15) is 10.5 Å². The molecular formula is C27H58AsN2P. The minimum absolute atomic E-state index is 0. The summed E-state index contributed by atoms with van der Waals surface area (Å²) in [6.45, 7) is 9.73. The molecule has 31 heavy (non-hydrogen) atoms. The topological polar surface area (TPSA) is 47.6 Å². The summed E-state index contributed by atoms with van der Waals surface area (Å²) in [4.78, 5) is 0. The predicted octanol–water partition coefficient (Wildman–Crippen LogP) is 8.30. The van der Waals surface area contributed by atoms with Crippen LogP contribution in [0.4, 0.5) is 0 Å². The Labute approximate surface area is 209 Å². The molecule has 0 aliphatic carbocycles. The van der Waals surface area contributed by atoms with E-state index in [4.69, 9.17) is 10.5 Å². The van der Waals surface area contributed by atoms with Gasteiger partial charge in [0.05, 0.1) is 0 Å². The molecule has 0 amide bonds. The van der Waals surface area contributed by atoms with E-state index in [1.54, 1.807) is 18.5 Å². The van der Waals surface area contributed by atoms with Crippen LogP contribution in [0.5, 0.6) is 0 Å². The normalized spacial score (nSPS) is 10.9. The first-order valence-corrected chi connectivity index (χ1v) is 16.5. The summed E-state index contributed by atoms with van der Waals surface area (Å²) in [6, 6.07) is 2.47. The van der Waals surface area contributed by atoms with E-state index in [1.807, 2.05) is 0 Å². The molecule has 4 heteroatoms. The van der Waals surface area contributed by atoms with Gasteiger partial charge in [-0.25, -0.2) is 0 Å². The Kier molecular flexibility index (Phi) is 34.4. The molecule has 0 saturated carbocycles. The third-order valence-electron chi connectivity index (χ3n) is 6.45. The Balaban J connectivity index is -0.00000143. The molecule has 0 N–H and O–H groups in total. The molecule has 0 aromatic rings. The molecule has 0 spiro atoms. The molecule has 0 aliphatic heterocycles. The van der Waals surface area contributed by atoms with E-state index in [1.165, 1.54) is 128 Å². The van der Waals surface area contributed by atoms with Gasteiger partial charge >= 0.3 is 187 Å². The van der Waals surface area contributed by atoms with E-state index in [-0.39, 0.29) is 18.0 Å². The number of hydrogen-bond acceptors (Lipinski definition) is 2. The van der Waals surface area contributed by atoms with Crippen LogP contribution in [0, 0.1) is 22.7 Å². The number of hydrogen-bond donors (Lipinski definition) is 0. The first-order valence-electron chi connectivity index (χ1n) is 13.4. The monoisotopic (exact) mass is 516 g/mol. The maximum absolute atomic E-state index is 7.26. The van der Waals surface area contributed by atoms with E-state index in [9.17, 15) is 0 Å². The van der Waals surface area contributed by atoms with Gasteiger partial charge in [0.2, 0.25) is 0 Å². The van der Waals surface area contributed by atoms with Gasteiger partial charge in [-0.1, -0.05) is 0 Å². The average molecular weight is 517 g/mol. The van der Waals surface area contributed by atoms with Crippen molar-refractivity contribution in [2.45, 2.75) is 136 Å². The van der Waals surface area contributed by atoms with E-state index in [2.05, 4.69) is 27.4 Å². The molecule has 0 saturated heterocycles. The second-order valence-corrected chi connectivity index (χ2v) is 14.7. The Morgan fingerprint density at radius 1 is 0.452 bits per heavy atom. The summed E-state index contributed by atoms with van der Waals surface area (Å²) >= 11 is 0. The Bertz CT molecular complexity index is 362. The van der Waals surface area contributed by atoms with Crippen LogP contribution in [0.3, 0.4) is 0 Å². The Morgan fingerprint density at radius 2 is 0.677 bits per heavy atom. The molecule has 0 fully saturated rings. The molecule has 0 rings (SSSR count). The molecule has 0 heterocycles. The molecular weight excluding hydrogens is 458 g/mol. The van der Waals surface area contributed by atoms with Gasteiger partial charge in [0.25, 0.3) is 0 Å². The van der Waals surface area contributed by atoms with E-state index in [0.717, 1.165) is 0 Å². The summed E-state index contributed by atoms with van der Waals surface area (Å²) in [6.07, 6.45) is 31.4. The zero-order chi connectivity index (χ0) is 22.8. The SMILES string of the molecule is CCCCCCCC[PH](C)(CCCCCCCC)CCCCCCCC.N#CC#N.[AsH3]. The molecule has 0 aromatic carbocycles. The van der Waals surface area contributed by atoms with E-state index in [0.29, 0.717) is 0 Å². The summed E-state index contributed by atoms with van der Waals surface area (Å²) in [5.74, 6) is 0. The number of nitrogens with zero attached hydrogens (tertiary/aromatic N) is 2. The van der Waals surface area contributed by atoms with Crippen molar-refractivity contribution in [3.8, 4) is 12.1 Å². The van der Waals surface area contributed by atoms with Crippen molar-refractivity contribution in [3.63, 3.8) is 0 Å². The third kappa shape index (κ3) is 30.0. The molecule has 0 bridgehead atoms. The van der Waals surface area contributed by atoms with E-state index >= 15 is 0 Å². The fourth-order valence-corrected chi connectivity index (χ4v) is 8.43. The van der Waals surface area contributed by atoms with Crippen LogP contribution in [0.25, 0.3) is 0 Å². The van der Waals surface area contributed by atoms with Crippen LogP contribution in [-0.4, -0.2) is 43.1 Å². The van der Waals surface area contributed by atoms with E-state index < -0.39 is 7.26 Å². The number of unbranched alkanes of at least 4 members (excludes halogenated alkanes) is 15. The molecule has 0 radical (unpaired) electrons. The van der Waals surface area contributed by atoms with Crippen LogP contribution in [0.2, 0.25) is 0 Å². The first-order chi connectivity index (χ1) is 14.6. The summed E-state index contributed by atoms with van der Waals surface area (Å²) in [5.41, 5.74) is 0. The molecule has 2 nitrogen and oxygen atoms in total. The number of nitriles is 2. The van der Waals surface area contributed by atoms with Crippen molar-refractivity contribution in [1.29, 1.82) is 10.5 Å². The van der Waals surface area contributed by atoms with Crippen molar-refractivity contribution in [2.24, 2.45) is 0 Å². The predicted molar refractivity (Wildman–Crippen MR) is 150 cm³/mol. The van der Waals surface area contributed by atoms with Crippen LogP contribution >= 0.6 is 7.26 Å². The van der Waals surface area contributed by atoms with Gasteiger partial charge in [-0.3, -0.25) is 0 Å². The Hall–Kier alpha value is -0.0316. The number of rotatable bonds is 21. The minimum atomic E-state index is -0.955. The van der Waals surface area contributed by atoms with Crippen molar-refractivity contribution < 1.29 is 0 Å². The van der Waals surface area contributed by atoms with Crippen molar-refractivity contribution in [2.75, 3.05) is 25.2 Å². The second kappa shape index (κ2) is 30.0. The average Bonchev–Trinajstić information content (AvgIpc) is 2.76. The third-order valence-corrected chi connectivity index (χ3v) is 11.1. The zero-order valence-corrected chi connectivity index (χ0v) is 25.9. The first kappa shape index (κ1) is 35.6. The molecule has 0 aromatic heterocycles. The standard InChI is InChI=1S/C25H55P.C2N2.AsH3/c1-5-8-11-14-17-20-23-26(4,24-21-18-15-12-9-6-2)25-22-19-16-13-10-7-3;3-1-2-4;/h26H,5-25H2,1-4H3;;1H3. The quantitative estimate of drug-likeness (QED) is 0.0875. The van der Waals surface area contributed by atoms with Crippen LogP contribution in [-0.2, 0) is 0 Å². The molecule has 0 aliphatic rings. The zero-order valence-electron chi connectivity index (χ0n) is 22.0. The van der Waals surface area contributed by atoms with Gasteiger partial charge in [-0.15, -0.1) is 0 Å². The van der Waals surface area contributed by atoms with Gasteiger partial charge in [0.15, 0.2) is 12.1 Å². The van der Waals surface area contributed by atoms with Gasteiger partial charge in [0.1, 0.15) is 0 Å². The fourth-order valence-electron chi connectivity index (χ4n) is 4.37. The molecule has 1 atom stereocenters. The maximum atomic E-state index is 7.26. The molecule has 1 unspecified atom stereocenters. The summed E-state index contributed by atoms with van der Waals surface area (Å²) < 4.78 is 0. The van der Waals surface area contributed by atoms with Crippen LogP contribution in [0.15, 0.2) is 0 Å². The summed E-state index contributed by atoms with van der Waals surface area (Å²) in [5, 5.41) is 14.5. The summed E-state index contributed by atoms with van der Waals surface area (Å²) in [7, 11) is -0.955.